The molecule has 0 aliphatic carbocycles. The first-order valence-corrected chi connectivity index (χ1v) is 23.5. The minimum Gasteiger partial charge on any atom is -0.477 e. The molecule has 0 heterocycles. The molecule has 0 saturated heterocycles. The number of quaternary nitrogens is 1. The molecular formula is C51H88NO7+. The Morgan fingerprint density at radius 2 is 0.949 bits per heavy atom. The molecular weight excluding hydrogens is 739 g/mol. The molecule has 0 amide bonds. The van der Waals surface area contributed by atoms with Crippen molar-refractivity contribution in [2.75, 3.05) is 41.0 Å². The molecule has 0 aliphatic rings. The fourth-order valence-corrected chi connectivity index (χ4v) is 6.56. The van der Waals surface area contributed by atoms with Gasteiger partial charge in [0.15, 0.2) is 12.1 Å². The number of esters is 2. The van der Waals surface area contributed by atoms with E-state index in [1.54, 1.807) is 0 Å². The van der Waals surface area contributed by atoms with Crippen molar-refractivity contribution in [3.05, 3.63) is 72.9 Å². The summed E-state index contributed by atoms with van der Waals surface area (Å²) in [6.07, 6.45) is 52.3. The molecule has 59 heavy (non-hydrogen) atoms. The van der Waals surface area contributed by atoms with Crippen molar-refractivity contribution in [2.45, 2.75) is 193 Å². The number of hydrogen-bond donors (Lipinski definition) is 1. The van der Waals surface area contributed by atoms with Gasteiger partial charge >= 0.3 is 17.9 Å². The highest BCUT2D eigenvalue weighted by molar-refractivity contribution is 5.72. The van der Waals surface area contributed by atoms with E-state index in [0.717, 1.165) is 64.2 Å². The van der Waals surface area contributed by atoms with Gasteiger partial charge in [0.25, 0.3) is 0 Å². The fraction of sp³-hybridized carbons (Fsp3) is 0.706. The molecule has 0 fully saturated rings. The summed E-state index contributed by atoms with van der Waals surface area (Å²) in [5, 5.41) is 9.63. The van der Waals surface area contributed by atoms with E-state index in [9.17, 15) is 19.5 Å². The van der Waals surface area contributed by atoms with Gasteiger partial charge in [0, 0.05) is 19.3 Å². The molecule has 0 bridgehead atoms. The first-order chi connectivity index (χ1) is 28.6. The van der Waals surface area contributed by atoms with E-state index >= 15 is 0 Å². The Hall–Kier alpha value is -3.23. The van der Waals surface area contributed by atoms with Gasteiger partial charge in [-0.1, -0.05) is 177 Å². The van der Waals surface area contributed by atoms with Gasteiger partial charge < -0.3 is 23.8 Å². The minimum absolute atomic E-state index is 0.0487. The van der Waals surface area contributed by atoms with Gasteiger partial charge in [0.2, 0.25) is 0 Å². The third kappa shape index (κ3) is 40.0. The lowest BCUT2D eigenvalue weighted by Crippen LogP contribution is -2.50. The van der Waals surface area contributed by atoms with Crippen molar-refractivity contribution in [2.24, 2.45) is 0 Å². The number of rotatable bonds is 41. The number of nitrogens with zero attached hydrogens (tertiary/aromatic N) is 1. The third-order valence-corrected chi connectivity index (χ3v) is 10.2. The Labute approximate surface area is 361 Å². The van der Waals surface area contributed by atoms with E-state index in [4.69, 9.17) is 14.2 Å². The van der Waals surface area contributed by atoms with Gasteiger partial charge in [-0.25, -0.2) is 4.79 Å². The Morgan fingerprint density at radius 1 is 0.525 bits per heavy atom. The highest BCUT2D eigenvalue weighted by Crippen LogP contribution is 2.14. The maximum absolute atomic E-state index is 12.8. The van der Waals surface area contributed by atoms with Crippen LogP contribution in [0.15, 0.2) is 72.9 Å². The smallest absolute Gasteiger partial charge is 0.362 e. The van der Waals surface area contributed by atoms with Gasteiger partial charge in [-0.05, 0) is 57.8 Å². The van der Waals surface area contributed by atoms with Crippen LogP contribution in [0.5, 0.6) is 0 Å². The molecule has 0 radical (unpaired) electrons. The Balaban J connectivity index is 4.34. The predicted octanol–water partition coefficient (Wildman–Crippen LogP) is 13.1. The highest BCUT2D eigenvalue weighted by Gasteiger charge is 2.31. The molecule has 0 saturated carbocycles. The highest BCUT2D eigenvalue weighted by atomic mass is 16.6. The lowest BCUT2D eigenvalue weighted by Gasteiger charge is -2.31. The maximum atomic E-state index is 12.8. The summed E-state index contributed by atoms with van der Waals surface area (Å²) in [4.78, 5) is 37.1. The molecule has 0 aromatic rings. The van der Waals surface area contributed by atoms with Crippen LogP contribution in [0.3, 0.4) is 0 Å². The zero-order valence-electron chi connectivity index (χ0n) is 38.4. The van der Waals surface area contributed by atoms with E-state index in [1.165, 1.54) is 83.5 Å². The quantitative estimate of drug-likeness (QED) is 0.0284. The molecule has 2 unspecified atom stereocenters. The van der Waals surface area contributed by atoms with E-state index < -0.39 is 18.1 Å². The predicted molar refractivity (Wildman–Crippen MR) is 247 cm³/mol. The van der Waals surface area contributed by atoms with Crippen molar-refractivity contribution >= 4 is 17.9 Å². The number of carboxylic acids is 1. The summed E-state index contributed by atoms with van der Waals surface area (Å²) in [5.74, 6) is -1.51. The average Bonchev–Trinajstić information content (AvgIpc) is 3.19. The molecule has 0 aromatic heterocycles. The summed E-state index contributed by atoms with van der Waals surface area (Å²) in [5.41, 5.74) is 0. The van der Waals surface area contributed by atoms with Crippen LogP contribution >= 0.6 is 0 Å². The zero-order valence-corrected chi connectivity index (χ0v) is 38.4. The Morgan fingerprint density at radius 3 is 1.42 bits per heavy atom. The second-order valence-electron chi connectivity index (χ2n) is 16.7. The zero-order chi connectivity index (χ0) is 43.5. The van der Waals surface area contributed by atoms with Crippen LogP contribution < -0.4 is 0 Å². The Kier molecular flexibility index (Phi) is 39.2. The first-order valence-electron chi connectivity index (χ1n) is 23.5. The van der Waals surface area contributed by atoms with Gasteiger partial charge in [0.05, 0.1) is 34.4 Å². The molecule has 0 aliphatic heterocycles. The number of ether oxygens (including phenoxy) is 3. The van der Waals surface area contributed by atoms with Gasteiger partial charge in [-0.2, -0.15) is 0 Å². The van der Waals surface area contributed by atoms with Crippen molar-refractivity contribution in [1.29, 1.82) is 0 Å². The number of unbranched alkanes of at least 4 members (excludes halogenated alkanes) is 19. The SMILES string of the molecule is CC/C=C/C=C/C=C/C=C/CCCCCCCC(=O)OCC(COCCC(C(=O)O)[N+](C)(C)C)OC(=O)CCCCCCCCCCCC/C=C/C=C/CCCCCC. The molecule has 338 valence electrons. The topological polar surface area (TPSA) is 99.1 Å². The number of carbonyl (C=O) groups is 3. The van der Waals surface area contributed by atoms with Crippen LogP contribution in [0.1, 0.15) is 181 Å². The van der Waals surface area contributed by atoms with Crippen molar-refractivity contribution in [1.82, 2.24) is 0 Å². The molecule has 2 atom stereocenters. The van der Waals surface area contributed by atoms with Gasteiger partial charge in [-0.3, -0.25) is 9.59 Å². The summed E-state index contributed by atoms with van der Waals surface area (Å²) >= 11 is 0. The monoisotopic (exact) mass is 827 g/mol. The second kappa shape index (κ2) is 41.5. The molecule has 1 N–H and O–H groups in total. The number of hydrogen-bond acceptors (Lipinski definition) is 6. The number of likely N-dealkylation sites (N-methyl/N-ethyl adjacent to an activating group) is 1. The first kappa shape index (κ1) is 55.8. The average molecular weight is 827 g/mol. The summed E-state index contributed by atoms with van der Waals surface area (Å²) < 4.78 is 17.3. The second-order valence-corrected chi connectivity index (χ2v) is 16.7. The molecule has 0 spiro atoms. The molecule has 8 nitrogen and oxygen atoms in total. The van der Waals surface area contributed by atoms with Crippen LogP contribution in [-0.2, 0) is 28.6 Å². The summed E-state index contributed by atoms with van der Waals surface area (Å²) in [6.45, 7) is 4.55. The Bertz CT molecular complexity index is 1190. The summed E-state index contributed by atoms with van der Waals surface area (Å²) in [6, 6.07) is -0.622. The standard InChI is InChI=1S/C51H87NO7/c1-6-8-10-12-14-16-18-20-22-23-24-25-26-28-30-32-34-36-38-40-42-50(54)59-47(45-57-44-43-48(51(55)56)52(3,4)5)46-58-49(53)41-39-37-35-33-31-29-27-21-19-17-15-13-11-9-7-2/h9,11,13,15-22,27,47-48H,6-8,10,12,14,23-26,28-46H2,1-5H3/p+1/b11-9+,15-13+,18-16+,19-17+,22-20+,27-21+. The van der Waals surface area contributed by atoms with E-state index in [-0.39, 0.29) is 36.2 Å². The lowest BCUT2D eigenvalue weighted by molar-refractivity contribution is -0.887. The van der Waals surface area contributed by atoms with Crippen molar-refractivity contribution in [3.8, 4) is 0 Å². The van der Waals surface area contributed by atoms with Gasteiger partial charge in [-0.15, -0.1) is 0 Å². The number of carbonyl (C=O) groups excluding carboxylic acids is 2. The van der Waals surface area contributed by atoms with Crippen LogP contribution in [0.4, 0.5) is 0 Å². The normalized spacial score (nSPS) is 13.6. The third-order valence-electron chi connectivity index (χ3n) is 10.2. The van der Waals surface area contributed by atoms with Crippen molar-refractivity contribution in [3.63, 3.8) is 0 Å². The van der Waals surface area contributed by atoms with Crippen LogP contribution in [0.2, 0.25) is 0 Å². The van der Waals surface area contributed by atoms with Crippen LogP contribution in [0.25, 0.3) is 0 Å². The lowest BCUT2D eigenvalue weighted by atomic mass is 10.1. The summed E-state index contributed by atoms with van der Waals surface area (Å²) in [7, 11) is 5.51. The molecule has 0 rings (SSSR count). The van der Waals surface area contributed by atoms with E-state index in [2.05, 4.69) is 62.5 Å². The number of aliphatic carboxylic acids is 1. The number of carboxylic acid groups (broad SMARTS) is 1. The number of allylic oxidation sites excluding steroid dienone is 12. The van der Waals surface area contributed by atoms with Crippen LogP contribution in [-0.4, -0.2) is 80.6 Å². The molecule has 8 heteroatoms. The van der Waals surface area contributed by atoms with Crippen LogP contribution in [0, 0.1) is 0 Å². The molecule has 0 aromatic carbocycles. The van der Waals surface area contributed by atoms with Gasteiger partial charge in [0.1, 0.15) is 6.61 Å². The van der Waals surface area contributed by atoms with Crippen molar-refractivity contribution < 1.29 is 38.2 Å². The minimum atomic E-state index is -0.881. The largest absolute Gasteiger partial charge is 0.477 e. The maximum Gasteiger partial charge on any atom is 0.362 e. The van der Waals surface area contributed by atoms with E-state index in [0.29, 0.717) is 19.3 Å². The van der Waals surface area contributed by atoms with E-state index in [1.807, 2.05) is 45.4 Å². The fourth-order valence-electron chi connectivity index (χ4n) is 6.56.